The molecule has 0 spiro atoms. The van der Waals surface area contributed by atoms with Crippen LogP contribution in [0.25, 0.3) is 11.6 Å². The van der Waals surface area contributed by atoms with Crippen LogP contribution in [0.5, 0.6) is 0 Å². The molecule has 0 unspecified atom stereocenters. The van der Waals surface area contributed by atoms with E-state index in [1.54, 1.807) is 30.3 Å². The Morgan fingerprint density at radius 3 is 2.33 bits per heavy atom. The van der Waals surface area contributed by atoms with Gasteiger partial charge >= 0.3 is 7.12 Å². The number of fused-ring (bicyclic) bond motifs is 4. The van der Waals surface area contributed by atoms with Crippen LogP contribution in [0.2, 0.25) is 6.32 Å². The van der Waals surface area contributed by atoms with Gasteiger partial charge in [-0.05, 0) is 72.0 Å². The standard InChI is InChI=1S/C32H31BO7/c34-17-21-15-26-30(32(37)25-9-5-4-8-24(25)31(26)36)27-16-33(38)40-28(29(21)27)13-10-20(19-6-2-1-3-7-19)14-22-11-12-23(18-35)39-22/h1-9,11-12,14,26-28,30,34-35,38H,10,13,15-18H2/b20-14-/t26-,27+,28-,30-/m1/s1. The zero-order chi connectivity index (χ0) is 27.8. The van der Waals surface area contributed by atoms with E-state index in [9.17, 15) is 24.8 Å². The summed E-state index contributed by atoms with van der Waals surface area (Å²) in [6.45, 7) is -0.415. The number of Topliss-reactive ketones (excluding diaryl/α,β-unsaturated/α-hetero) is 2. The number of aliphatic hydroxyl groups excluding tert-OH is 2. The Morgan fingerprint density at radius 2 is 1.62 bits per heavy atom. The molecule has 3 aromatic rings. The summed E-state index contributed by atoms with van der Waals surface area (Å²) in [5, 5.41) is 30.6. The van der Waals surface area contributed by atoms with Crippen LogP contribution in [0.1, 0.15) is 57.1 Å². The van der Waals surface area contributed by atoms with Gasteiger partial charge in [0, 0.05) is 23.0 Å². The predicted octanol–water partition coefficient (Wildman–Crippen LogP) is 4.59. The molecular weight excluding hydrogens is 507 g/mol. The Labute approximate surface area is 232 Å². The highest BCUT2D eigenvalue weighted by Crippen LogP contribution is 2.51. The number of allylic oxidation sites excluding steroid dienone is 1. The summed E-state index contributed by atoms with van der Waals surface area (Å²) in [6.07, 6.45) is 2.98. The number of furan rings is 1. The van der Waals surface area contributed by atoms with E-state index in [-0.39, 0.29) is 37.0 Å². The monoisotopic (exact) mass is 538 g/mol. The molecule has 8 heteroatoms. The first-order valence-corrected chi connectivity index (χ1v) is 13.8. The number of rotatable bonds is 7. The molecule has 0 saturated carbocycles. The van der Waals surface area contributed by atoms with Crippen LogP contribution in [0.15, 0.2) is 82.3 Å². The molecule has 1 aliphatic heterocycles. The first-order chi connectivity index (χ1) is 19.5. The topological polar surface area (TPSA) is 117 Å². The van der Waals surface area contributed by atoms with E-state index in [2.05, 4.69) is 0 Å². The van der Waals surface area contributed by atoms with Gasteiger partial charge in [0.15, 0.2) is 11.6 Å². The zero-order valence-corrected chi connectivity index (χ0v) is 22.0. The van der Waals surface area contributed by atoms with Crippen molar-refractivity contribution in [3.63, 3.8) is 0 Å². The Bertz CT molecular complexity index is 1490. The average molecular weight is 538 g/mol. The van der Waals surface area contributed by atoms with Gasteiger partial charge in [0.05, 0.1) is 12.7 Å². The third-order valence-electron chi connectivity index (χ3n) is 8.53. The molecule has 0 radical (unpaired) electrons. The number of hydrogen-bond acceptors (Lipinski definition) is 7. The van der Waals surface area contributed by atoms with Gasteiger partial charge in [-0.2, -0.15) is 0 Å². The van der Waals surface area contributed by atoms with E-state index in [1.165, 1.54) is 0 Å². The van der Waals surface area contributed by atoms with E-state index in [0.29, 0.717) is 41.9 Å². The number of carbonyl (C=O) groups is 2. The summed E-state index contributed by atoms with van der Waals surface area (Å²) in [6, 6.07) is 20.4. The maximum absolute atomic E-state index is 13.7. The molecule has 7 nitrogen and oxygen atoms in total. The van der Waals surface area contributed by atoms with Crippen LogP contribution in [-0.2, 0) is 11.3 Å². The molecule has 3 N–H and O–H groups in total. The van der Waals surface area contributed by atoms with Crippen LogP contribution >= 0.6 is 0 Å². The van der Waals surface area contributed by atoms with Crippen molar-refractivity contribution in [3.05, 3.63) is 106 Å². The first kappa shape index (κ1) is 26.7. The fraction of sp³-hybridized carbons (Fsp3) is 0.312. The van der Waals surface area contributed by atoms with Crippen molar-refractivity contribution in [2.45, 2.75) is 38.3 Å². The summed E-state index contributed by atoms with van der Waals surface area (Å²) in [7, 11) is -1.08. The number of benzene rings is 2. The Balaban J connectivity index is 1.33. The molecule has 3 aliphatic rings. The lowest BCUT2D eigenvalue weighted by molar-refractivity contribution is 0.0591. The summed E-state index contributed by atoms with van der Waals surface area (Å²) in [5.41, 5.74) is 4.45. The van der Waals surface area contributed by atoms with E-state index in [1.807, 2.05) is 42.5 Å². The van der Waals surface area contributed by atoms with Crippen LogP contribution in [0.3, 0.4) is 0 Å². The molecule has 0 amide bonds. The minimum atomic E-state index is -1.08. The summed E-state index contributed by atoms with van der Waals surface area (Å²) >= 11 is 0. The van der Waals surface area contributed by atoms with Gasteiger partial charge in [-0.25, -0.2) is 0 Å². The highest BCUT2D eigenvalue weighted by Gasteiger charge is 2.53. The summed E-state index contributed by atoms with van der Waals surface area (Å²) in [5.74, 6) is -0.579. The number of ketones is 2. The van der Waals surface area contributed by atoms with E-state index in [0.717, 1.165) is 22.3 Å². The van der Waals surface area contributed by atoms with Gasteiger partial charge in [0.1, 0.15) is 18.1 Å². The van der Waals surface area contributed by atoms with Gasteiger partial charge in [-0.3, -0.25) is 9.59 Å². The number of hydrogen-bond donors (Lipinski definition) is 3. The highest BCUT2D eigenvalue weighted by molar-refractivity contribution is 6.43. The van der Waals surface area contributed by atoms with Gasteiger partial charge in [0.2, 0.25) is 0 Å². The SMILES string of the molecule is O=C1c2ccccc2C(=O)[C@@H]2CC(CO)=C3[C@@H](CC/C(=C/c4ccc(CO)o4)c4ccccc4)OB(O)C[C@@H]3[C@H]12. The largest absolute Gasteiger partial charge is 0.459 e. The van der Waals surface area contributed by atoms with Crippen molar-refractivity contribution >= 4 is 30.3 Å². The molecule has 1 aromatic heterocycles. The van der Waals surface area contributed by atoms with Gasteiger partial charge in [-0.15, -0.1) is 0 Å². The lowest BCUT2D eigenvalue weighted by Gasteiger charge is -2.47. The first-order valence-electron chi connectivity index (χ1n) is 13.8. The van der Waals surface area contributed by atoms with E-state index >= 15 is 0 Å². The fourth-order valence-corrected chi connectivity index (χ4v) is 6.78. The zero-order valence-electron chi connectivity index (χ0n) is 22.0. The molecule has 1 saturated heterocycles. The second kappa shape index (κ2) is 11.1. The Morgan fingerprint density at radius 1 is 0.900 bits per heavy atom. The van der Waals surface area contributed by atoms with Crippen molar-refractivity contribution in [1.29, 1.82) is 0 Å². The average Bonchev–Trinajstić information content (AvgIpc) is 3.45. The number of carbonyl (C=O) groups excluding carboxylic acids is 2. The van der Waals surface area contributed by atoms with Crippen molar-refractivity contribution in [2.75, 3.05) is 6.61 Å². The van der Waals surface area contributed by atoms with E-state index in [4.69, 9.17) is 9.07 Å². The van der Waals surface area contributed by atoms with E-state index < -0.39 is 25.1 Å². The third kappa shape index (κ3) is 4.82. The maximum atomic E-state index is 13.7. The van der Waals surface area contributed by atoms with Crippen LogP contribution in [-0.4, -0.2) is 46.6 Å². The molecular formula is C32H31BO7. The van der Waals surface area contributed by atoms with Crippen LogP contribution in [0, 0.1) is 17.8 Å². The second-order valence-corrected chi connectivity index (χ2v) is 10.8. The third-order valence-corrected chi connectivity index (χ3v) is 8.53. The Kier molecular flexibility index (Phi) is 7.42. The van der Waals surface area contributed by atoms with Crippen molar-refractivity contribution in [2.24, 2.45) is 17.8 Å². The van der Waals surface area contributed by atoms with Gasteiger partial charge in [0.25, 0.3) is 0 Å². The number of aliphatic hydroxyl groups is 2. The molecule has 2 heterocycles. The molecule has 40 heavy (non-hydrogen) atoms. The molecule has 1 fully saturated rings. The molecule has 204 valence electrons. The van der Waals surface area contributed by atoms with Crippen molar-refractivity contribution < 1.29 is 33.9 Å². The maximum Gasteiger partial charge on any atom is 0.455 e. The molecule has 6 rings (SSSR count). The summed E-state index contributed by atoms with van der Waals surface area (Å²) < 4.78 is 11.8. The van der Waals surface area contributed by atoms with Gasteiger partial charge in [-0.1, -0.05) is 54.6 Å². The molecule has 2 aromatic carbocycles. The molecule has 2 aliphatic carbocycles. The lowest BCUT2D eigenvalue weighted by Crippen LogP contribution is -2.51. The molecule has 4 atom stereocenters. The van der Waals surface area contributed by atoms with Crippen LogP contribution in [0.4, 0.5) is 0 Å². The second-order valence-electron chi connectivity index (χ2n) is 10.8. The Hall–Kier alpha value is -3.56. The minimum Gasteiger partial charge on any atom is -0.459 e. The lowest BCUT2D eigenvalue weighted by atomic mass is 9.54. The van der Waals surface area contributed by atoms with Gasteiger partial charge < -0.3 is 24.3 Å². The predicted molar refractivity (Wildman–Crippen MR) is 150 cm³/mol. The summed E-state index contributed by atoms with van der Waals surface area (Å²) in [4.78, 5) is 27.2. The smallest absolute Gasteiger partial charge is 0.455 e. The van der Waals surface area contributed by atoms with Crippen molar-refractivity contribution in [1.82, 2.24) is 0 Å². The van der Waals surface area contributed by atoms with Crippen LogP contribution < -0.4 is 0 Å². The highest BCUT2D eigenvalue weighted by atomic mass is 16.5. The van der Waals surface area contributed by atoms with Crippen molar-refractivity contribution in [3.8, 4) is 0 Å². The fourth-order valence-electron chi connectivity index (χ4n) is 6.78. The normalized spacial score (nSPS) is 24.6. The quantitative estimate of drug-likeness (QED) is 0.298. The molecule has 0 bridgehead atoms. The minimum absolute atomic E-state index is 0.0716.